The molecule has 2 fully saturated rings. The molecule has 0 atom stereocenters. The Kier molecular flexibility index (Phi) is 8.44. The van der Waals surface area contributed by atoms with Crippen LogP contribution in [0.4, 0.5) is 0 Å². The van der Waals surface area contributed by atoms with Crippen molar-refractivity contribution in [1.29, 1.82) is 10.5 Å². The molecule has 41 heavy (non-hydrogen) atoms. The molecule has 11 nitrogen and oxygen atoms in total. The predicted molar refractivity (Wildman–Crippen MR) is 151 cm³/mol. The summed E-state index contributed by atoms with van der Waals surface area (Å²) in [5.74, 6) is 7.38. The molecule has 0 aliphatic heterocycles. The Labute approximate surface area is 237 Å². The van der Waals surface area contributed by atoms with Gasteiger partial charge in [0.15, 0.2) is 0 Å². The van der Waals surface area contributed by atoms with Crippen molar-refractivity contribution in [3.05, 3.63) is 93.9 Å². The van der Waals surface area contributed by atoms with Crippen molar-refractivity contribution in [2.24, 2.45) is 11.8 Å². The van der Waals surface area contributed by atoms with Gasteiger partial charge in [-0.25, -0.2) is 19.4 Å². The first kappa shape index (κ1) is 27.7. The van der Waals surface area contributed by atoms with Gasteiger partial charge >= 0.3 is 5.63 Å². The molecule has 0 bridgehead atoms. The molecule has 2 aliphatic rings. The van der Waals surface area contributed by atoms with E-state index in [1.54, 1.807) is 46.6 Å². The summed E-state index contributed by atoms with van der Waals surface area (Å²) in [6.45, 7) is 0. The Morgan fingerprint density at radius 3 is 1.80 bits per heavy atom. The standard InChI is InChI=1S/C15H17N5O.C15H15N3O2/c16-9-11-1-3-12(4-2-11)14-7-13(8-15(21)20(14)17)19-6-5-18-10-19;16-9-11-1-3-12(4-2-11)14-7-13(8-15(19)20-14)18-6-5-17-10-18/h5-8,10-12H,1-4,17H2;5-8,10-12H,1-4H2. The smallest absolute Gasteiger partial charge is 0.337 e. The first-order valence-corrected chi connectivity index (χ1v) is 13.9. The van der Waals surface area contributed by atoms with Crippen LogP contribution >= 0.6 is 0 Å². The molecule has 2 aliphatic carbocycles. The van der Waals surface area contributed by atoms with Crippen LogP contribution in [0.5, 0.6) is 0 Å². The van der Waals surface area contributed by atoms with Gasteiger partial charge in [0.25, 0.3) is 5.56 Å². The largest absolute Gasteiger partial charge is 0.427 e. The third kappa shape index (κ3) is 6.47. The maximum atomic E-state index is 12.1. The third-order valence-corrected chi connectivity index (χ3v) is 8.10. The molecule has 2 saturated carbocycles. The summed E-state index contributed by atoms with van der Waals surface area (Å²) in [4.78, 5) is 31.8. The summed E-state index contributed by atoms with van der Waals surface area (Å²) >= 11 is 0. The molecule has 210 valence electrons. The van der Waals surface area contributed by atoms with Crippen LogP contribution < -0.4 is 17.0 Å². The average Bonchev–Trinajstić information content (AvgIpc) is 3.74. The molecule has 0 amide bonds. The Morgan fingerprint density at radius 1 is 0.756 bits per heavy atom. The number of hydrogen-bond donors (Lipinski definition) is 1. The van der Waals surface area contributed by atoms with E-state index in [4.69, 9.17) is 20.8 Å². The maximum Gasteiger partial charge on any atom is 0.337 e. The number of aromatic nitrogens is 5. The minimum Gasteiger partial charge on any atom is -0.427 e. The van der Waals surface area contributed by atoms with Crippen LogP contribution in [-0.4, -0.2) is 23.8 Å². The van der Waals surface area contributed by atoms with E-state index in [1.165, 1.54) is 16.8 Å². The summed E-state index contributed by atoms with van der Waals surface area (Å²) in [6.07, 6.45) is 17.3. The van der Waals surface area contributed by atoms with Gasteiger partial charge in [0.05, 0.1) is 36.2 Å². The fourth-order valence-corrected chi connectivity index (χ4v) is 5.73. The molecule has 4 aromatic heterocycles. The second-order valence-corrected chi connectivity index (χ2v) is 10.7. The fraction of sp³-hybridized carbons (Fsp3) is 0.400. The SMILES string of the molecule is N#CC1CCC(c2cc(-n3ccnc3)cc(=O)n2N)CC1.N#CC1CCC(c2cc(-n3ccnc3)cc(=O)o2)CC1. The number of nitriles is 2. The van der Waals surface area contributed by atoms with Crippen molar-refractivity contribution < 1.29 is 4.42 Å². The molecule has 0 radical (unpaired) electrons. The second-order valence-electron chi connectivity index (χ2n) is 10.7. The van der Waals surface area contributed by atoms with E-state index < -0.39 is 0 Å². The summed E-state index contributed by atoms with van der Waals surface area (Å²) in [6, 6.07) is 11.5. The molecule has 4 heterocycles. The summed E-state index contributed by atoms with van der Waals surface area (Å²) in [7, 11) is 0. The van der Waals surface area contributed by atoms with E-state index in [1.807, 2.05) is 12.1 Å². The minimum absolute atomic E-state index is 0.135. The number of nitrogen functional groups attached to an aromatic ring is 1. The van der Waals surface area contributed by atoms with Crippen LogP contribution in [-0.2, 0) is 0 Å². The number of imidazole rings is 2. The lowest BCUT2D eigenvalue weighted by molar-refractivity contribution is 0.325. The van der Waals surface area contributed by atoms with Crippen LogP contribution in [0.1, 0.15) is 74.7 Å². The molecule has 0 unspecified atom stereocenters. The van der Waals surface area contributed by atoms with E-state index in [0.717, 1.165) is 74.2 Å². The molecule has 0 spiro atoms. The highest BCUT2D eigenvalue weighted by atomic mass is 16.4. The minimum atomic E-state index is -0.339. The number of rotatable bonds is 4. The monoisotopic (exact) mass is 552 g/mol. The summed E-state index contributed by atoms with van der Waals surface area (Å²) < 4.78 is 10.2. The molecule has 11 heteroatoms. The van der Waals surface area contributed by atoms with Crippen LogP contribution in [0.15, 0.2) is 75.7 Å². The molecule has 0 saturated heterocycles. The molecule has 2 N–H and O–H groups in total. The Hall–Kier alpha value is -4.90. The first-order valence-electron chi connectivity index (χ1n) is 13.9. The second kappa shape index (κ2) is 12.5. The van der Waals surface area contributed by atoms with Gasteiger partial charge in [-0.15, -0.1) is 0 Å². The molecular formula is C30H32N8O3. The number of hydrogen-bond acceptors (Lipinski definition) is 8. The molecular weight excluding hydrogens is 520 g/mol. The van der Waals surface area contributed by atoms with Gasteiger partial charge in [-0.1, -0.05) is 0 Å². The quantitative estimate of drug-likeness (QED) is 0.369. The van der Waals surface area contributed by atoms with Crippen LogP contribution in [0.2, 0.25) is 0 Å². The van der Waals surface area contributed by atoms with Crippen molar-refractivity contribution in [3.63, 3.8) is 0 Å². The van der Waals surface area contributed by atoms with Crippen molar-refractivity contribution >= 4 is 0 Å². The predicted octanol–water partition coefficient (Wildman–Crippen LogP) is 4.17. The lowest BCUT2D eigenvalue weighted by atomic mass is 9.81. The van der Waals surface area contributed by atoms with Gasteiger partial charge in [0, 0.05) is 72.4 Å². The molecule has 6 rings (SSSR count). The van der Waals surface area contributed by atoms with Crippen molar-refractivity contribution in [2.75, 3.05) is 5.84 Å². The highest BCUT2D eigenvalue weighted by molar-refractivity contribution is 5.34. The highest BCUT2D eigenvalue weighted by Gasteiger charge is 2.25. The van der Waals surface area contributed by atoms with Crippen molar-refractivity contribution in [1.82, 2.24) is 23.8 Å². The van der Waals surface area contributed by atoms with E-state index >= 15 is 0 Å². The Bertz CT molecular complexity index is 1640. The van der Waals surface area contributed by atoms with Gasteiger partial charge in [-0.05, 0) is 57.4 Å². The van der Waals surface area contributed by atoms with Crippen molar-refractivity contribution in [2.45, 2.75) is 63.2 Å². The summed E-state index contributed by atoms with van der Waals surface area (Å²) in [5.41, 5.74) is 1.82. The summed E-state index contributed by atoms with van der Waals surface area (Å²) in [5, 5.41) is 17.9. The zero-order valence-corrected chi connectivity index (χ0v) is 22.7. The lowest BCUT2D eigenvalue weighted by Crippen LogP contribution is -2.32. The van der Waals surface area contributed by atoms with E-state index in [0.29, 0.717) is 0 Å². The van der Waals surface area contributed by atoms with E-state index in [2.05, 4.69) is 22.1 Å². The Morgan fingerprint density at radius 2 is 1.29 bits per heavy atom. The normalized spacial score (nSPS) is 22.1. The number of nitrogens with two attached hydrogens (primary N) is 1. The number of nitrogens with zero attached hydrogens (tertiary/aromatic N) is 7. The van der Waals surface area contributed by atoms with Gasteiger partial charge in [0.1, 0.15) is 5.76 Å². The third-order valence-electron chi connectivity index (χ3n) is 8.10. The van der Waals surface area contributed by atoms with Crippen LogP contribution in [0.3, 0.4) is 0 Å². The van der Waals surface area contributed by atoms with Gasteiger partial charge in [0.2, 0.25) is 0 Å². The van der Waals surface area contributed by atoms with Gasteiger partial charge < -0.3 is 19.4 Å². The zero-order chi connectivity index (χ0) is 28.8. The lowest BCUT2D eigenvalue weighted by Gasteiger charge is -2.26. The van der Waals surface area contributed by atoms with Gasteiger partial charge in [-0.2, -0.15) is 10.5 Å². The van der Waals surface area contributed by atoms with E-state index in [-0.39, 0.29) is 34.9 Å². The fourth-order valence-electron chi connectivity index (χ4n) is 5.73. The highest BCUT2D eigenvalue weighted by Crippen LogP contribution is 2.36. The first-order chi connectivity index (χ1) is 19.9. The number of pyridine rings is 1. The topological polar surface area (TPSA) is 161 Å². The van der Waals surface area contributed by atoms with E-state index in [9.17, 15) is 9.59 Å². The van der Waals surface area contributed by atoms with Gasteiger partial charge in [-0.3, -0.25) is 4.79 Å². The molecule has 0 aromatic carbocycles. The Balaban J connectivity index is 0.000000165. The zero-order valence-electron chi connectivity index (χ0n) is 22.7. The average molecular weight is 553 g/mol. The van der Waals surface area contributed by atoms with Crippen LogP contribution in [0, 0.1) is 34.5 Å². The van der Waals surface area contributed by atoms with Crippen molar-refractivity contribution in [3.8, 4) is 23.5 Å². The van der Waals surface area contributed by atoms with Crippen LogP contribution in [0.25, 0.3) is 11.4 Å². The maximum absolute atomic E-state index is 12.1. The molecule has 4 aromatic rings.